The number of nitrogens with one attached hydrogen (secondary N) is 1. The number of piperidine rings is 1. The molecule has 1 unspecified atom stereocenters. The van der Waals surface area contributed by atoms with E-state index < -0.39 is 24.7 Å². The van der Waals surface area contributed by atoms with Gasteiger partial charge in [-0.15, -0.1) is 0 Å². The Labute approximate surface area is 207 Å². The molecule has 0 radical (unpaired) electrons. The standard InChI is InChI=1S/C26H30F3N5O2/c1-18(2)34-25(36)33(17-31-34)22-10-8-19(9-11-22)20-12-14-32(15-13-20)23(21-6-4-3-5-7-21)24(35)30-16-26(27,28)29/h3-11,17-18,20,23H,12-16H2,1-2H3,(H,30,35). The third-order valence-electron chi connectivity index (χ3n) is 6.55. The molecule has 1 fully saturated rings. The number of benzene rings is 2. The second-order valence-corrected chi connectivity index (χ2v) is 9.37. The van der Waals surface area contributed by atoms with Crippen LogP contribution < -0.4 is 11.0 Å². The Morgan fingerprint density at radius 1 is 1.06 bits per heavy atom. The molecule has 3 aromatic rings. The lowest BCUT2D eigenvalue weighted by Crippen LogP contribution is -2.46. The van der Waals surface area contributed by atoms with Crippen molar-refractivity contribution in [3.8, 4) is 5.69 Å². The Kier molecular flexibility index (Phi) is 7.63. The predicted molar refractivity (Wildman–Crippen MR) is 130 cm³/mol. The lowest BCUT2D eigenvalue weighted by molar-refractivity contribution is -0.142. The number of aromatic nitrogens is 3. The molecule has 192 valence electrons. The van der Waals surface area contributed by atoms with Crippen molar-refractivity contribution in [2.45, 2.75) is 50.9 Å². The molecule has 1 aliphatic heterocycles. The Morgan fingerprint density at radius 2 is 1.69 bits per heavy atom. The third kappa shape index (κ3) is 5.87. The van der Waals surface area contributed by atoms with Crippen LogP contribution in [-0.4, -0.2) is 51.0 Å². The van der Waals surface area contributed by atoms with Gasteiger partial charge in [0.05, 0.1) is 11.7 Å². The molecule has 1 atom stereocenters. The van der Waals surface area contributed by atoms with Gasteiger partial charge in [-0.05, 0) is 69.0 Å². The van der Waals surface area contributed by atoms with E-state index in [1.807, 2.05) is 49.1 Å². The van der Waals surface area contributed by atoms with Crippen molar-refractivity contribution in [3.63, 3.8) is 0 Å². The topological polar surface area (TPSA) is 72.2 Å². The fraction of sp³-hybridized carbons (Fsp3) is 0.423. The molecule has 0 bridgehead atoms. The van der Waals surface area contributed by atoms with E-state index in [9.17, 15) is 22.8 Å². The molecular weight excluding hydrogens is 471 g/mol. The fourth-order valence-corrected chi connectivity index (χ4v) is 4.69. The zero-order chi connectivity index (χ0) is 25.9. The fourth-order valence-electron chi connectivity index (χ4n) is 4.69. The first-order valence-electron chi connectivity index (χ1n) is 12.0. The van der Waals surface area contributed by atoms with Gasteiger partial charge in [0.25, 0.3) is 0 Å². The third-order valence-corrected chi connectivity index (χ3v) is 6.55. The molecule has 2 heterocycles. The summed E-state index contributed by atoms with van der Waals surface area (Å²) >= 11 is 0. The van der Waals surface area contributed by atoms with Crippen molar-refractivity contribution in [1.82, 2.24) is 24.6 Å². The van der Waals surface area contributed by atoms with E-state index in [0.29, 0.717) is 18.7 Å². The minimum absolute atomic E-state index is 0.0292. The Morgan fingerprint density at radius 3 is 2.25 bits per heavy atom. The summed E-state index contributed by atoms with van der Waals surface area (Å²) in [5, 5.41) is 6.22. The normalized spacial score (nSPS) is 16.3. The zero-order valence-corrected chi connectivity index (χ0v) is 20.3. The van der Waals surface area contributed by atoms with Crippen molar-refractivity contribution >= 4 is 5.91 Å². The number of amides is 1. The first-order chi connectivity index (χ1) is 17.1. The SMILES string of the molecule is CC(C)n1ncn(-c2ccc(C3CCN(C(C(=O)NCC(F)(F)F)c4ccccc4)CC3)cc2)c1=O. The van der Waals surface area contributed by atoms with Crippen molar-refractivity contribution in [2.24, 2.45) is 0 Å². The highest BCUT2D eigenvalue weighted by molar-refractivity contribution is 5.83. The van der Waals surface area contributed by atoms with Gasteiger partial charge in [-0.25, -0.2) is 14.0 Å². The molecule has 1 saturated heterocycles. The summed E-state index contributed by atoms with van der Waals surface area (Å²) in [5.41, 5.74) is 2.34. The molecule has 1 N–H and O–H groups in total. The van der Waals surface area contributed by atoms with Crippen molar-refractivity contribution < 1.29 is 18.0 Å². The van der Waals surface area contributed by atoms with Crippen LogP contribution in [0.5, 0.6) is 0 Å². The zero-order valence-electron chi connectivity index (χ0n) is 20.3. The van der Waals surface area contributed by atoms with Crippen LogP contribution in [0.1, 0.15) is 55.8 Å². The summed E-state index contributed by atoms with van der Waals surface area (Å²) in [6.07, 6.45) is -1.42. The van der Waals surface area contributed by atoms with Crippen LogP contribution in [-0.2, 0) is 4.79 Å². The van der Waals surface area contributed by atoms with Crippen LogP contribution >= 0.6 is 0 Å². The van der Waals surface area contributed by atoms with Crippen molar-refractivity contribution in [3.05, 3.63) is 82.5 Å². The summed E-state index contributed by atoms with van der Waals surface area (Å²) in [6.45, 7) is 3.60. The van der Waals surface area contributed by atoms with Crippen LogP contribution in [0.25, 0.3) is 5.69 Å². The number of halogens is 3. The molecule has 2 aromatic carbocycles. The Bertz CT molecular complexity index is 1210. The molecular formula is C26H30F3N5O2. The summed E-state index contributed by atoms with van der Waals surface area (Å²) in [4.78, 5) is 27.3. The number of likely N-dealkylation sites (tertiary alicyclic amines) is 1. The number of rotatable bonds is 7. The van der Waals surface area contributed by atoms with Gasteiger partial charge in [0.1, 0.15) is 18.9 Å². The van der Waals surface area contributed by atoms with E-state index in [1.165, 1.54) is 15.6 Å². The smallest absolute Gasteiger partial charge is 0.345 e. The quantitative estimate of drug-likeness (QED) is 0.527. The van der Waals surface area contributed by atoms with Gasteiger partial charge >= 0.3 is 11.9 Å². The summed E-state index contributed by atoms with van der Waals surface area (Å²) in [7, 11) is 0. The van der Waals surface area contributed by atoms with Gasteiger partial charge in [0.15, 0.2) is 0 Å². The molecule has 1 amide bonds. The van der Waals surface area contributed by atoms with E-state index in [2.05, 4.69) is 10.4 Å². The number of hydrogen-bond acceptors (Lipinski definition) is 4. The minimum Gasteiger partial charge on any atom is -0.345 e. The van der Waals surface area contributed by atoms with Gasteiger partial charge in [-0.2, -0.15) is 18.3 Å². The van der Waals surface area contributed by atoms with E-state index in [4.69, 9.17) is 0 Å². The van der Waals surface area contributed by atoms with Crippen LogP contribution in [0.2, 0.25) is 0 Å². The highest BCUT2D eigenvalue weighted by Gasteiger charge is 2.34. The number of carbonyl (C=O) groups is 1. The van der Waals surface area contributed by atoms with Gasteiger partial charge in [-0.3, -0.25) is 9.69 Å². The number of alkyl halides is 3. The van der Waals surface area contributed by atoms with Gasteiger partial charge in [0.2, 0.25) is 5.91 Å². The molecule has 1 aromatic heterocycles. The van der Waals surface area contributed by atoms with Crippen LogP contribution in [0.15, 0.2) is 65.7 Å². The Balaban J connectivity index is 1.44. The molecule has 36 heavy (non-hydrogen) atoms. The van der Waals surface area contributed by atoms with E-state index in [-0.39, 0.29) is 17.6 Å². The monoisotopic (exact) mass is 501 g/mol. The average Bonchev–Trinajstić information content (AvgIpc) is 3.25. The maximum Gasteiger partial charge on any atom is 0.405 e. The summed E-state index contributed by atoms with van der Waals surface area (Å²) in [6, 6.07) is 15.9. The molecule has 1 aliphatic rings. The van der Waals surface area contributed by atoms with Crippen LogP contribution in [0, 0.1) is 0 Å². The molecule has 0 aliphatic carbocycles. The van der Waals surface area contributed by atoms with E-state index in [0.717, 1.165) is 24.1 Å². The molecule has 10 heteroatoms. The van der Waals surface area contributed by atoms with Gasteiger partial charge < -0.3 is 5.32 Å². The summed E-state index contributed by atoms with van der Waals surface area (Å²) < 4.78 is 41.1. The highest BCUT2D eigenvalue weighted by Crippen LogP contribution is 2.33. The largest absolute Gasteiger partial charge is 0.405 e. The van der Waals surface area contributed by atoms with Crippen LogP contribution in [0.3, 0.4) is 0 Å². The van der Waals surface area contributed by atoms with Crippen molar-refractivity contribution in [1.29, 1.82) is 0 Å². The van der Waals surface area contributed by atoms with E-state index in [1.54, 1.807) is 24.3 Å². The first kappa shape index (κ1) is 25.7. The highest BCUT2D eigenvalue weighted by atomic mass is 19.4. The number of hydrogen-bond donors (Lipinski definition) is 1. The van der Waals surface area contributed by atoms with Gasteiger partial charge in [0, 0.05) is 0 Å². The minimum atomic E-state index is -4.46. The molecule has 0 saturated carbocycles. The maximum atomic E-state index is 12.8. The van der Waals surface area contributed by atoms with Gasteiger partial charge in [-0.1, -0.05) is 42.5 Å². The average molecular weight is 502 g/mol. The first-order valence-corrected chi connectivity index (χ1v) is 12.0. The maximum absolute atomic E-state index is 12.8. The summed E-state index contributed by atoms with van der Waals surface area (Å²) in [5.74, 6) is -0.395. The lowest BCUT2D eigenvalue weighted by atomic mass is 9.88. The van der Waals surface area contributed by atoms with Crippen molar-refractivity contribution in [2.75, 3.05) is 19.6 Å². The van der Waals surface area contributed by atoms with Crippen LogP contribution in [0.4, 0.5) is 13.2 Å². The molecule has 7 nitrogen and oxygen atoms in total. The number of nitrogens with zero attached hydrogens (tertiary/aromatic N) is 4. The predicted octanol–water partition coefficient (Wildman–Crippen LogP) is 4.21. The molecule has 4 rings (SSSR count). The lowest BCUT2D eigenvalue weighted by Gasteiger charge is -2.37. The second kappa shape index (κ2) is 10.7. The Hall–Kier alpha value is -3.40. The number of carbonyl (C=O) groups excluding carboxylic acids is 1. The molecule has 0 spiro atoms. The second-order valence-electron chi connectivity index (χ2n) is 9.37. The van der Waals surface area contributed by atoms with E-state index >= 15 is 0 Å².